The van der Waals surface area contributed by atoms with Crippen molar-refractivity contribution in [3.8, 4) is 0 Å². The van der Waals surface area contributed by atoms with Gasteiger partial charge in [0.15, 0.2) is 0 Å². The molecular formula is C15H20N2O2. The summed E-state index contributed by atoms with van der Waals surface area (Å²) in [5.41, 5.74) is 0. The first-order valence-electron chi connectivity index (χ1n) is 7.52. The normalized spacial score (nSPS) is 44.2. The van der Waals surface area contributed by atoms with Crippen LogP contribution in [0.2, 0.25) is 0 Å². The number of likely N-dealkylation sites (tertiary alicyclic amines) is 1. The van der Waals surface area contributed by atoms with Crippen molar-refractivity contribution in [2.24, 2.45) is 23.7 Å². The third-order valence-electron chi connectivity index (χ3n) is 5.38. The maximum Gasteiger partial charge on any atom is 0.233 e. The van der Waals surface area contributed by atoms with Crippen LogP contribution in [-0.2, 0) is 9.59 Å². The second kappa shape index (κ2) is 4.17. The molecule has 0 aromatic carbocycles. The minimum Gasteiger partial charge on any atom is -0.312 e. The Morgan fingerprint density at radius 3 is 2.37 bits per heavy atom. The van der Waals surface area contributed by atoms with Gasteiger partial charge in [-0.25, -0.2) is 0 Å². The van der Waals surface area contributed by atoms with E-state index >= 15 is 0 Å². The highest BCUT2D eigenvalue weighted by molar-refractivity contribution is 6.06. The number of carbonyl (C=O) groups excluding carboxylic acids is 2. The number of amides is 2. The first-order valence-corrected chi connectivity index (χ1v) is 7.52. The van der Waals surface area contributed by atoms with Gasteiger partial charge >= 0.3 is 0 Å². The van der Waals surface area contributed by atoms with E-state index in [0.717, 1.165) is 19.4 Å². The zero-order valence-electron chi connectivity index (χ0n) is 11.0. The van der Waals surface area contributed by atoms with Gasteiger partial charge in [-0.2, -0.15) is 0 Å². The molecule has 2 bridgehead atoms. The molecule has 4 nitrogen and oxygen atoms in total. The minimum absolute atomic E-state index is 0.0360. The van der Waals surface area contributed by atoms with Gasteiger partial charge in [-0.15, -0.1) is 0 Å². The molecule has 1 saturated carbocycles. The van der Waals surface area contributed by atoms with E-state index < -0.39 is 0 Å². The molecule has 102 valence electrons. The van der Waals surface area contributed by atoms with E-state index in [4.69, 9.17) is 0 Å². The maximum absolute atomic E-state index is 12.5. The molecule has 0 aromatic rings. The molecule has 0 radical (unpaired) electrons. The Kier molecular flexibility index (Phi) is 2.56. The molecule has 2 aliphatic heterocycles. The van der Waals surface area contributed by atoms with Gasteiger partial charge in [0.05, 0.1) is 11.8 Å². The molecule has 4 heteroatoms. The van der Waals surface area contributed by atoms with Gasteiger partial charge in [0, 0.05) is 12.6 Å². The summed E-state index contributed by atoms with van der Waals surface area (Å²) in [4.78, 5) is 26.6. The fraction of sp³-hybridized carbons (Fsp3) is 0.733. The Morgan fingerprint density at radius 2 is 1.79 bits per heavy atom. The fourth-order valence-corrected chi connectivity index (χ4v) is 4.44. The van der Waals surface area contributed by atoms with Crippen molar-refractivity contribution in [2.75, 3.05) is 13.1 Å². The average molecular weight is 260 g/mol. The van der Waals surface area contributed by atoms with Crippen molar-refractivity contribution in [1.29, 1.82) is 0 Å². The Morgan fingerprint density at radius 1 is 1.11 bits per heavy atom. The summed E-state index contributed by atoms with van der Waals surface area (Å²) in [5.74, 6) is 0.780. The fourth-order valence-electron chi connectivity index (χ4n) is 4.44. The summed E-state index contributed by atoms with van der Waals surface area (Å²) in [5, 5.41) is 3.43. The van der Waals surface area contributed by atoms with Gasteiger partial charge in [0.1, 0.15) is 0 Å². The number of nitrogens with zero attached hydrogens (tertiary/aromatic N) is 1. The Balaban J connectivity index is 1.52. The lowest BCUT2D eigenvalue weighted by molar-refractivity contribution is -0.141. The van der Waals surface area contributed by atoms with Crippen LogP contribution in [0.25, 0.3) is 0 Å². The molecule has 19 heavy (non-hydrogen) atoms. The van der Waals surface area contributed by atoms with E-state index in [-0.39, 0.29) is 23.7 Å². The van der Waals surface area contributed by atoms with Crippen molar-refractivity contribution in [1.82, 2.24) is 10.2 Å². The standard InChI is InChI=1S/C15H20N2O2/c18-14-12-9-4-5-10(7-9)13(12)15(19)17(14)8-11-3-1-2-6-16-11/h4-5,9-13,16H,1-3,6-8H2. The van der Waals surface area contributed by atoms with Crippen molar-refractivity contribution in [2.45, 2.75) is 31.7 Å². The molecular weight excluding hydrogens is 240 g/mol. The number of rotatable bonds is 2. The monoisotopic (exact) mass is 260 g/mol. The smallest absolute Gasteiger partial charge is 0.233 e. The summed E-state index contributed by atoms with van der Waals surface area (Å²) in [7, 11) is 0. The van der Waals surface area contributed by atoms with E-state index in [1.807, 2.05) is 0 Å². The van der Waals surface area contributed by atoms with Crippen LogP contribution < -0.4 is 5.32 Å². The van der Waals surface area contributed by atoms with Crippen molar-refractivity contribution < 1.29 is 9.59 Å². The largest absolute Gasteiger partial charge is 0.312 e. The van der Waals surface area contributed by atoms with Crippen molar-refractivity contribution >= 4 is 11.8 Å². The first kappa shape index (κ1) is 11.6. The van der Waals surface area contributed by atoms with E-state index in [2.05, 4.69) is 17.5 Å². The number of carbonyl (C=O) groups is 2. The van der Waals surface area contributed by atoms with E-state index in [0.29, 0.717) is 24.4 Å². The highest BCUT2D eigenvalue weighted by Gasteiger charge is 2.59. The summed E-state index contributed by atoms with van der Waals surface area (Å²) < 4.78 is 0. The summed E-state index contributed by atoms with van der Waals surface area (Å²) in [6.07, 6.45) is 8.81. The van der Waals surface area contributed by atoms with Gasteiger partial charge in [-0.3, -0.25) is 14.5 Å². The second-order valence-corrected chi connectivity index (χ2v) is 6.43. The first-order chi connectivity index (χ1) is 9.25. The van der Waals surface area contributed by atoms with Crippen molar-refractivity contribution in [3.05, 3.63) is 12.2 Å². The quantitative estimate of drug-likeness (QED) is 0.594. The summed E-state index contributed by atoms with van der Waals surface area (Å²) in [6, 6.07) is 0.311. The third-order valence-corrected chi connectivity index (χ3v) is 5.38. The predicted molar refractivity (Wildman–Crippen MR) is 70.1 cm³/mol. The number of piperidine rings is 1. The summed E-state index contributed by atoms with van der Waals surface area (Å²) in [6.45, 7) is 1.60. The molecule has 5 atom stereocenters. The number of imide groups is 1. The van der Waals surface area contributed by atoms with Crippen LogP contribution in [0.3, 0.4) is 0 Å². The lowest BCUT2D eigenvalue weighted by Gasteiger charge is -2.27. The van der Waals surface area contributed by atoms with Gasteiger partial charge in [-0.05, 0) is 37.6 Å². The molecule has 2 heterocycles. The zero-order valence-corrected chi connectivity index (χ0v) is 11.0. The molecule has 0 spiro atoms. The van der Waals surface area contributed by atoms with Crippen molar-refractivity contribution in [3.63, 3.8) is 0 Å². The molecule has 5 unspecified atom stereocenters. The van der Waals surface area contributed by atoms with E-state index in [1.165, 1.54) is 12.8 Å². The molecule has 1 N–H and O–H groups in total. The van der Waals surface area contributed by atoms with Crippen LogP contribution in [0.5, 0.6) is 0 Å². The second-order valence-electron chi connectivity index (χ2n) is 6.43. The molecule has 4 rings (SSSR count). The molecule has 2 amide bonds. The Bertz CT molecular complexity index is 423. The molecule has 2 aliphatic carbocycles. The lowest BCUT2D eigenvalue weighted by Crippen LogP contribution is -2.46. The van der Waals surface area contributed by atoms with Crippen LogP contribution in [0, 0.1) is 23.7 Å². The lowest BCUT2D eigenvalue weighted by atomic mass is 9.85. The molecule has 0 aromatic heterocycles. The van der Waals surface area contributed by atoms with Gasteiger partial charge in [0.25, 0.3) is 0 Å². The SMILES string of the molecule is O=C1C2C3C=CC(C3)C2C(=O)N1CC1CCCCN1. The average Bonchev–Trinajstić information content (AvgIpc) is 3.10. The number of nitrogens with one attached hydrogen (secondary N) is 1. The van der Waals surface area contributed by atoms with Crippen LogP contribution >= 0.6 is 0 Å². The Hall–Kier alpha value is -1.16. The van der Waals surface area contributed by atoms with Crippen LogP contribution in [-0.4, -0.2) is 35.8 Å². The minimum atomic E-state index is -0.0360. The van der Waals surface area contributed by atoms with E-state index in [1.54, 1.807) is 4.90 Å². The van der Waals surface area contributed by atoms with Gasteiger partial charge < -0.3 is 5.32 Å². The van der Waals surface area contributed by atoms with E-state index in [9.17, 15) is 9.59 Å². The maximum atomic E-state index is 12.5. The van der Waals surface area contributed by atoms with Crippen LogP contribution in [0.15, 0.2) is 12.2 Å². The molecule has 3 fully saturated rings. The number of fused-ring (bicyclic) bond motifs is 5. The zero-order chi connectivity index (χ0) is 13.0. The van der Waals surface area contributed by atoms with Crippen LogP contribution in [0.4, 0.5) is 0 Å². The Labute approximate surface area is 113 Å². The highest BCUT2D eigenvalue weighted by atomic mass is 16.2. The van der Waals surface area contributed by atoms with Crippen LogP contribution in [0.1, 0.15) is 25.7 Å². The van der Waals surface area contributed by atoms with Gasteiger partial charge in [-0.1, -0.05) is 18.6 Å². The highest BCUT2D eigenvalue weighted by Crippen LogP contribution is 2.52. The number of hydrogen-bond acceptors (Lipinski definition) is 3. The predicted octanol–water partition coefficient (Wildman–Crippen LogP) is 0.936. The van der Waals surface area contributed by atoms with Gasteiger partial charge in [0.2, 0.25) is 11.8 Å². The number of allylic oxidation sites excluding steroid dienone is 2. The summed E-state index contributed by atoms with van der Waals surface area (Å²) >= 11 is 0. The molecule has 2 saturated heterocycles. The third kappa shape index (κ3) is 1.62. The topological polar surface area (TPSA) is 49.4 Å². The number of hydrogen-bond donors (Lipinski definition) is 1. The molecule has 4 aliphatic rings.